The van der Waals surface area contributed by atoms with Crippen molar-refractivity contribution in [3.05, 3.63) is 48.1 Å². The molecule has 4 nitrogen and oxygen atoms in total. The van der Waals surface area contributed by atoms with Crippen LogP contribution in [0.25, 0.3) is 6.08 Å². The number of hydrogen-bond donors (Lipinski definition) is 0. The van der Waals surface area contributed by atoms with E-state index in [0.29, 0.717) is 5.69 Å². The van der Waals surface area contributed by atoms with Gasteiger partial charge in [-0.25, -0.2) is 4.90 Å². The second-order valence-electron chi connectivity index (χ2n) is 3.44. The van der Waals surface area contributed by atoms with Gasteiger partial charge in [0.05, 0.1) is 11.3 Å². The van der Waals surface area contributed by atoms with Crippen molar-refractivity contribution in [3.63, 3.8) is 0 Å². The molecule has 0 aromatic heterocycles. The molecule has 17 heavy (non-hydrogen) atoms. The molecule has 4 heteroatoms. The minimum absolute atomic E-state index is 0.271. The summed E-state index contributed by atoms with van der Waals surface area (Å²) in [6.07, 6.45) is 3.96. The van der Waals surface area contributed by atoms with Gasteiger partial charge in [-0.05, 0) is 17.7 Å². The van der Waals surface area contributed by atoms with Crippen molar-refractivity contribution in [1.29, 1.82) is 5.26 Å². The molecule has 1 aromatic rings. The van der Waals surface area contributed by atoms with E-state index in [1.165, 1.54) is 12.2 Å². The lowest BCUT2D eigenvalue weighted by Crippen LogP contribution is -2.30. The first-order valence-electron chi connectivity index (χ1n) is 4.90. The molecule has 0 unspecified atom stereocenters. The van der Waals surface area contributed by atoms with Gasteiger partial charge in [0.1, 0.15) is 6.07 Å². The van der Waals surface area contributed by atoms with Gasteiger partial charge in [0.25, 0.3) is 11.8 Å². The molecule has 2 rings (SSSR count). The van der Waals surface area contributed by atoms with Gasteiger partial charge in [0.15, 0.2) is 0 Å². The molecule has 0 saturated heterocycles. The van der Waals surface area contributed by atoms with Crippen LogP contribution in [0, 0.1) is 11.3 Å². The number of carbonyl (C=O) groups excluding carboxylic acids is 2. The van der Waals surface area contributed by atoms with Crippen molar-refractivity contribution in [2.45, 2.75) is 0 Å². The summed E-state index contributed by atoms with van der Waals surface area (Å²) in [4.78, 5) is 24.0. The monoisotopic (exact) mass is 224 g/mol. The second kappa shape index (κ2) is 4.06. The molecule has 0 spiro atoms. The lowest BCUT2D eigenvalue weighted by Gasteiger charge is -2.15. The maximum Gasteiger partial charge on any atom is 0.258 e. The van der Waals surface area contributed by atoms with Crippen LogP contribution < -0.4 is 4.90 Å². The number of nitriles is 1. The molecule has 1 heterocycles. The zero-order chi connectivity index (χ0) is 12.4. The zero-order valence-electron chi connectivity index (χ0n) is 8.88. The van der Waals surface area contributed by atoms with Gasteiger partial charge in [-0.3, -0.25) is 9.59 Å². The lowest BCUT2D eigenvalue weighted by atomic mass is 10.1. The maximum atomic E-state index is 11.5. The van der Waals surface area contributed by atoms with E-state index in [2.05, 4.69) is 6.58 Å². The highest BCUT2D eigenvalue weighted by atomic mass is 16.2. The van der Waals surface area contributed by atoms with Crippen molar-refractivity contribution in [2.75, 3.05) is 4.90 Å². The van der Waals surface area contributed by atoms with Gasteiger partial charge in [0, 0.05) is 12.2 Å². The van der Waals surface area contributed by atoms with Crippen molar-refractivity contribution >= 4 is 23.6 Å². The number of carbonyl (C=O) groups is 2. The highest BCUT2D eigenvalue weighted by Gasteiger charge is 2.27. The number of nitrogens with zero attached hydrogens (tertiary/aromatic N) is 2. The van der Waals surface area contributed by atoms with Crippen LogP contribution in [0.2, 0.25) is 0 Å². The van der Waals surface area contributed by atoms with E-state index >= 15 is 0 Å². The molecule has 1 aromatic carbocycles. The summed E-state index contributed by atoms with van der Waals surface area (Å²) in [6.45, 7) is 3.59. The minimum atomic E-state index is -0.433. The average Bonchev–Trinajstić information content (AvgIpc) is 2.68. The standard InChI is InChI=1S/C13H8N2O2/c1-2-9-3-4-11(10(7-9)8-14)15-12(16)5-6-13(15)17/h2-7H,1H2. The molecule has 1 aliphatic rings. The van der Waals surface area contributed by atoms with Crippen LogP contribution in [0.1, 0.15) is 11.1 Å². The third kappa shape index (κ3) is 1.74. The van der Waals surface area contributed by atoms with Crippen LogP contribution in [0.5, 0.6) is 0 Å². The summed E-state index contributed by atoms with van der Waals surface area (Å²) in [7, 11) is 0. The Hall–Kier alpha value is -2.67. The molecule has 0 bridgehead atoms. The van der Waals surface area contributed by atoms with E-state index in [4.69, 9.17) is 5.26 Å². The van der Waals surface area contributed by atoms with Gasteiger partial charge in [-0.2, -0.15) is 5.26 Å². The number of anilines is 1. The molecule has 0 atom stereocenters. The number of rotatable bonds is 2. The second-order valence-corrected chi connectivity index (χ2v) is 3.44. The summed E-state index contributed by atoms with van der Waals surface area (Å²) >= 11 is 0. The smallest absolute Gasteiger partial charge is 0.258 e. The minimum Gasteiger partial charge on any atom is -0.269 e. The summed E-state index contributed by atoms with van der Waals surface area (Å²) in [5, 5.41) is 9.02. The number of imide groups is 1. The molecule has 1 aliphatic heterocycles. The van der Waals surface area contributed by atoms with Crippen molar-refractivity contribution in [2.24, 2.45) is 0 Å². The van der Waals surface area contributed by atoms with Crippen LogP contribution in [0.4, 0.5) is 5.69 Å². The van der Waals surface area contributed by atoms with E-state index in [1.807, 2.05) is 6.07 Å². The van der Waals surface area contributed by atoms with Gasteiger partial charge in [-0.15, -0.1) is 0 Å². The predicted octanol–water partition coefficient (Wildman–Crippen LogP) is 1.63. The lowest BCUT2D eigenvalue weighted by molar-refractivity contribution is -0.119. The fourth-order valence-electron chi connectivity index (χ4n) is 1.60. The largest absolute Gasteiger partial charge is 0.269 e. The highest BCUT2D eigenvalue weighted by molar-refractivity contribution is 6.28. The molecule has 0 aliphatic carbocycles. The summed E-state index contributed by atoms with van der Waals surface area (Å²) in [6, 6.07) is 6.82. The third-order valence-corrected chi connectivity index (χ3v) is 2.43. The topological polar surface area (TPSA) is 61.2 Å². The van der Waals surface area contributed by atoms with Crippen LogP contribution in [0.3, 0.4) is 0 Å². The average molecular weight is 224 g/mol. The molecule has 0 saturated carbocycles. The number of amides is 2. The van der Waals surface area contributed by atoms with Crippen molar-refractivity contribution in [3.8, 4) is 6.07 Å². The van der Waals surface area contributed by atoms with E-state index in [1.54, 1.807) is 24.3 Å². The van der Waals surface area contributed by atoms with E-state index in [0.717, 1.165) is 10.5 Å². The molecular formula is C13H8N2O2. The third-order valence-electron chi connectivity index (χ3n) is 2.43. The molecule has 0 fully saturated rings. The van der Waals surface area contributed by atoms with Crippen molar-refractivity contribution in [1.82, 2.24) is 0 Å². The Bertz CT molecular complexity index is 576. The van der Waals surface area contributed by atoms with Crippen LogP contribution >= 0.6 is 0 Å². The number of benzene rings is 1. The Morgan fingerprint density at radius 3 is 2.41 bits per heavy atom. The summed E-state index contributed by atoms with van der Waals surface area (Å²) < 4.78 is 0. The van der Waals surface area contributed by atoms with Gasteiger partial charge in [0.2, 0.25) is 0 Å². The van der Waals surface area contributed by atoms with Crippen LogP contribution in [0.15, 0.2) is 36.9 Å². The molecule has 0 N–H and O–H groups in total. The van der Waals surface area contributed by atoms with E-state index < -0.39 is 11.8 Å². The van der Waals surface area contributed by atoms with Gasteiger partial charge in [-0.1, -0.05) is 18.7 Å². The fourth-order valence-corrected chi connectivity index (χ4v) is 1.60. The van der Waals surface area contributed by atoms with Crippen molar-refractivity contribution < 1.29 is 9.59 Å². The molecule has 82 valence electrons. The summed E-state index contributed by atoms with van der Waals surface area (Å²) in [5.41, 5.74) is 1.34. The van der Waals surface area contributed by atoms with Crippen LogP contribution in [-0.2, 0) is 9.59 Å². The zero-order valence-corrected chi connectivity index (χ0v) is 8.88. The Morgan fingerprint density at radius 2 is 1.88 bits per heavy atom. The number of hydrogen-bond acceptors (Lipinski definition) is 3. The highest BCUT2D eigenvalue weighted by Crippen LogP contribution is 2.24. The quantitative estimate of drug-likeness (QED) is 0.717. The normalized spacial score (nSPS) is 13.9. The molecular weight excluding hydrogens is 216 g/mol. The van der Waals surface area contributed by atoms with E-state index in [9.17, 15) is 9.59 Å². The Balaban J connectivity index is 2.53. The Morgan fingerprint density at radius 1 is 1.24 bits per heavy atom. The summed E-state index contributed by atoms with van der Waals surface area (Å²) in [5.74, 6) is -0.865. The fraction of sp³-hybridized carbons (Fsp3) is 0. The Kier molecular flexibility index (Phi) is 2.59. The SMILES string of the molecule is C=Cc1ccc(N2C(=O)C=CC2=O)c(C#N)c1. The van der Waals surface area contributed by atoms with E-state index in [-0.39, 0.29) is 5.56 Å². The Labute approximate surface area is 98.1 Å². The maximum absolute atomic E-state index is 11.5. The first kappa shape index (κ1) is 10.8. The first-order valence-corrected chi connectivity index (χ1v) is 4.90. The van der Waals surface area contributed by atoms with Gasteiger partial charge < -0.3 is 0 Å². The molecule has 0 radical (unpaired) electrons. The predicted molar refractivity (Wildman–Crippen MR) is 62.9 cm³/mol. The first-order chi connectivity index (χ1) is 8.17. The van der Waals surface area contributed by atoms with Crippen LogP contribution in [-0.4, -0.2) is 11.8 Å². The van der Waals surface area contributed by atoms with Gasteiger partial charge >= 0.3 is 0 Å². The molecule has 2 amide bonds.